The minimum absolute atomic E-state index is 0.150. The lowest BCUT2D eigenvalue weighted by Gasteiger charge is -2.42. The number of halogens is 1. The number of rotatable bonds is 7. The van der Waals surface area contributed by atoms with Crippen molar-refractivity contribution in [2.45, 2.75) is 30.7 Å². The van der Waals surface area contributed by atoms with Crippen LogP contribution in [0.4, 0.5) is 4.39 Å². The van der Waals surface area contributed by atoms with Gasteiger partial charge in [-0.15, -0.1) is 0 Å². The number of benzene rings is 3. The number of carbonyl (C=O) groups excluding carboxylic acids is 3. The van der Waals surface area contributed by atoms with Crippen LogP contribution in [0.1, 0.15) is 31.1 Å². The average Bonchev–Trinajstić information content (AvgIpc) is 2.93. The molecule has 0 aromatic heterocycles. The summed E-state index contributed by atoms with van der Waals surface area (Å²) in [5, 5.41) is 10.6. The fourth-order valence-electron chi connectivity index (χ4n) is 3.72. The second-order valence-corrected chi connectivity index (χ2v) is 7.93. The van der Waals surface area contributed by atoms with Crippen LogP contribution >= 0.6 is 0 Å². The van der Waals surface area contributed by atoms with Crippen molar-refractivity contribution in [3.8, 4) is 0 Å². The van der Waals surface area contributed by atoms with Crippen LogP contribution in [0.5, 0.6) is 0 Å². The molecule has 1 heterocycles. The van der Waals surface area contributed by atoms with E-state index >= 15 is 0 Å². The number of ether oxygens (including phenoxy) is 4. The number of alkyl halides is 1. The van der Waals surface area contributed by atoms with E-state index in [1.165, 1.54) is 36.4 Å². The van der Waals surface area contributed by atoms with Gasteiger partial charge in [0.05, 0.1) is 16.7 Å². The predicted molar refractivity (Wildman–Crippen MR) is 124 cm³/mol. The van der Waals surface area contributed by atoms with Gasteiger partial charge in [-0.2, -0.15) is 0 Å². The van der Waals surface area contributed by atoms with Crippen molar-refractivity contribution >= 4 is 17.9 Å². The van der Waals surface area contributed by atoms with E-state index in [-0.39, 0.29) is 16.7 Å². The van der Waals surface area contributed by atoms with Gasteiger partial charge in [0.25, 0.3) is 0 Å². The van der Waals surface area contributed by atoms with Crippen LogP contribution in [0.25, 0.3) is 0 Å². The number of aliphatic hydroxyl groups is 1. The van der Waals surface area contributed by atoms with E-state index in [1.54, 1.807) is 54.6 Å². The molecule has 5 atom stereocenters. The maximum absolute atomic E-state index is 14.0. The summed E-state index contributed by atoms with van der Waals surface area (Å²) in [5.74, 6) is -2.54. The van der Waals surface area contributed by atoms with Crippen molar-refractivity contribution in [2.24, 2.45) is 0 Å². The maximum atomic E-state index is 14.0. The van der Waals surface area contributed by atoms with Gasteiger partial charge in [0.1, 0.15) is 12.8 Å². The molecule has 9 heteroatoms. The summed E-state index contributed by atoms with van der Waals surface area (Å²) in [6.45, 7) is -1.18. The van der Waals surface area contributed by atoms with Crippen molar-refractivity contribution in [1.82, 2.24) is 0 Å². The van der Waals surface area contributed by atoms with Crippen LogP contribution in [-0.2, 0) is 18.9 Å². The van der Waals surface area contributed by atoms with Gasteiger partial charge < -0.3 is 24.1 Å². The third-order valence-corrected chi connectivity index (χ3v) is 5.52. The molecular weight excluding hydrogens is 471 g/mol. The van der Waals surface area contributed by atoms with Crippen LogP contribution in [-0.4, -0.2) is 60.4 Å². The van der Waals surface area contributed by atoms with Crippen molar-refractivity contribution in [2.75, 3.05) is 6.67 Å². The Morgan fingerprint density at radius 1 is 0.639 bits per heavy atom. The van der Waals surface area contributed by atoms with Crippen LogP contribution in [0.2, 0.25) is 0 Å². The Balaban J connectivity index is 1.66. The van der Waals surface area contributed by atoms with Gasteiger partial charge >= 0.3 is 17.9 Å². The van der Waals surface area contributed by atoms with Gasteiger partial charge in [-0.05, 0) is 36.4 Å². The summed E-state index contributed by atoms with van der Waals surface area (Å²) < 4.78 is 35.8. The Morgan fingerprint density at radius 2 is 1.00 bits per heavy atom. The highest BCUT2D eigenvalue weighted by atomic mass is 19.1. The number of aliphatic hydroxyl groups excluding tert-OH is 1. The molecule has 8 nitrogen and oxygen atoms in total. The quantitative estimate of drug-likeness (QED) is 0.394. The number of hydrogen-bond donors (Lipinski definition) is 1. The molecule has 0 amide bonds. The van der Waals surface area contributed by atoms with E-state index in [4.69, 9.17) is 18.9 Å². The van der Waals surface area contributed by atoms with E-state index in [0.29, 0.717) is 0 Å². The molecule has 36 heavy (non-hydrogen) atoms. The summed E-state index contributed by atoms with van der Waals surface area (Å²) >= 11 is 0. The standard InChI is InChI=1S/C27H23FO8/c28-16-20-21(34-24(29)17-10-4-1-5-11-17)22(35-25(30)18-12-6-2-7-13-18)23(27(32)33-20)36-26(31)19-14-8-3-9-15-19/h1-15,20-23,27,32H,16H2/t20-,21+,22+,23-,27-/m1/s1. The SMILES string of the molecule is O=C(O[C@@H]1[C@@H](OC(=O)c2ccccc2)[C@H](O)O[C@H](CF)[C@@H]1OC(=O)c1ccccc1)c1ccccc1. The molecule has 0 aliphatic carbocycles. The van der Waals surface area contributed by atoms with Crippen molar-refractivity contribution in [1.29, 1.82) is 0 Å². The van der Waals surface area contributed by atoms with Gasteiger partial charge in [-0.3, -0.25) is 0 Å². The lowest BCUT2D eigenvalue weighted by Crippen LogP contribution is -2.62. The largest absolute Gasteiger partial charge is 0.452 e. The Morgan fingerprint density at radius 3 is 1.39 bits per heavy atom. The maximum Gasteiger partial charge on any atom is 0.338 e. The molecule has 0 saturated carbocycles. The van der Waals surface area contributed by atoms with Crippen LogP contribution < -0.4 is 0 Å². The second kappa shape index (κ2) is 11.6. The van der Waals surface area contributed by atoms with Gasteiger partial charge in [0, 0.05) is 0 Å². The third kappa shape index (κ3) is 5.76. The first kappa shape index (κ1) is 25.0. The number of carbonyl (C=O) groups is 3. The summed E-state index contributed by atoms with van der Waals surface area (Å²) in [6.07, 6.45) is -8.09. The first-order valence-electron chi connectivity index (χ1n) is 11.2. The first-order valence-corrected chi connectivity index (χ1v) is 11.2. The lowest BCUT2D eigenvalue weighted by atomic mass is 9.98. The Bertz CT molecular complexity index is 1170. The van der Waals surface area contributed by atoms with Crippen molar-refractivity contribution in [3.05, 3.63) is 108 Å². The van der Waals surface area contributed by atoms with Crippen molar-refractivity contribution < 1.29 is 42.8 Å². The van der Waals surface area contributed by atoms with Crippen LogP contribution in [0, 0.1) is 0 Å². The molecule has 0 unspecified atom stereocenters. The number of hydrogen-bond acceptors (Lipinski definition) is 8. The van der Waals surface area contributed by atoms with Gasteiger partial charge in [-0.1, -0.05) is 54.6 Å². The van der Waals surface area contributed by atoms with E-state index < -0.39 is 55.3 Å². The summed E-state index contributed by atoms with van der Waals surface area (Å²) in [4.78, 5) is 38.4. The molecule has 1 aliphatic rings. The zero-order valence-corrected chi connectivity index (χ0v) is 18.9. The highest BCUT2D eigenvalue weighted by Crippen LogP contribution is 2.30. The van der Waals surface area contributed by atoms with Gasteiger partial charge in [0.2, 0.25) is 0 Å². The zero-order valence-electron chi connectivity index (χ0n) is 18.9. The minimum Gasteiger partial charge on any atom is -0.452 e. The molecule has 1 N–H and O–H groups in total. The summed E-state index contributed by atoms with van der Waals surface area (Å²) in [6, 6.07) is 23.7. The number of esters is 3. The Hall–Kier alpha value is -4.08. The normalized spacial score (nSPS) is 23.3. The van der Waals surface area contributed by atoms with Gasteiger partial charge in [-0.25, -0.2) is 18.8 Å². The van der Waals surface area contributed by atoms with E-state index in [0.717, 1.165) is 0 Å². The Kier molecular flexibility index (Phi) is 8.04. The second-order valence-electron chi connectivity index (χ2n) is 7.93. The first-order chi connectivity index (χ1) is 17.5. The Labute approximate surface area is 206 Å². The van der Waals surface area contributed by atoms with E-state index in [1.807, 2.05) is 0 Å². The monoisotopic (exact) mass is 494 g/mol. The highest BCUT2D eigenvalue weighted by Gasteiger charge is 2.52. The highest BCUT2D eigenvalue weighted by molar-refractivity contribution is 5.91. The topological polar surface area (TPSA) is 108 Å². The molecule has 1 fully saturated rings. The third-order valence-electron chi connectivity index (χ3n) is 5.52. The smallest absolute Gasteiger partial charge is 0.338 e. The molecule has 4 rings (SSSR count). The summed E-state index contributed by atoms with van der Waals surface area (Å²) in [7, 11) is 0. The predicted octanol–water partition coefficient (Wildman–Crippen LogP) is 3.35. The fraction of sp³-hybridized carbons (Fsp3) is 0.222. The molecule has 0 spiro atoms. The van der Waals surface area contributed by atoms with Gasteiger partial charge in [0.15, 0.2) is 24.6 Å². The molecule has 0 bridgehead atoms. The minimum atomic E-state index is -1.86. The van der Waals surface area contributed by atoms with Crippen LogP contribution in [0.15, 0.2) is 91.0 Å². The summed E-state index contributed by atoms with van der Waals surface area (Å²) in [5.41, 5.74) is 0.465. The van der Waals surface area contributed by atoms with E-state index in [9.17, 15) is 23.9 Å². The lowest BCUT2D eigenvalue weighted by molar-refractivity contribution is -0.281. The molecular formula is C27H23FO8. The van der Waals surface area contributed by atoms with Crippen LogP contribution in [0.3, 0.4) is 0 Å². The molecule has 186 valence electrons. The molecule has 1 aliphatic heterocycles. The molecule has 3 aromatic rings. The van der Waals surface area contributed by atoms with E-state index in [2.05, 4.69) is 0 Å². The fourth-order valence-corrected chi connectivity index (χ4v) is 3.72. The zero-order chi connectivity index (χ0) is 25.5. The molecule has 0 radical (unpaired) electrons. The average molecular weight is 494 g/mol. The molecule has 1 saturated heterocycles. The molecule has 3 aromatic carbocycles. The van der Waals surface area contributed by atoms with Crippen molar-refractivity contribution in [3.63, 3.8) is 0 Å².